The molecular formula is C24H35NO9S. The molecule has 1 aliphatic heterocycles. The zero-order chi connectivity index (χ0) is 26.5. The van der Waals surface area contributed by atoms with E-state index >= 15 is 0 Å². The fourth-order valence-corrected chi connectivity index (χ4v) is 5.27. The lowest BCUT2D eigenvalue weighted by Crippen LogP contribution is -2.60. The second-order valence-corrected chi connectivity index (χ2v) is 10.8. The first-order valence-corrected chi connectivity index (χ1v) is 12.6. The first-order valence-electron chi connectivity index (χ1n) is 11.5. The average molecular weight is 514 g/mol. The van der Waals surface area contributed by atoms with E-state index in [4.69, 9.17) is 18.9 Å². The standard InChI is InChI=1S/C24H35NO9S/c1-8-35-23-20(25-12(2)19-16(29)9-24(6,7)10-17(19)30)22(33-15(5)28)21(32-14(4)27)18(34-23)11-31-13(3)26/h18,20-23,29H,8-11H2,1-7H3/t18-,20-,21-,22-,23+/m1/s1. The van der Waals surface area contributed by atoms with Crippen LogP contribution in [0.15, 0.2) is 16.3 Å². The van der Waals surface area contributed by atoms with E-state index in [2.05, 4.69) is 4.99 Å². The van der Waals surface area contributed by atoms with Crippen LogP contribution in [-0.4, -0.2) is 76.7 Å². The molecule has 1 N–H and O–H groups in total. The van der Waals surface area contributed by atoms with Gasteiger partial charge in [-0.05, 0) is 18.1 Å². The van der Waals surface area contributed by atoms with Crippen molar-refractivity contribution in [2.45, 2.75) is 91.1 Å². The number of nitrogens with zero attached hydrogens (tertiary/aromatic N) is 1. The number of rotatable bonds is 8. The molecular weight excluding hydrogens is 478 g/mol. The number of ketones is 1. The summed E-state index contributed by atoms with van der Waals surface area (Å²) in [5.74, 6) is -1.48. The number of Topliss-reactive ketones (excluding diaryl/α,β-unsaturated/α-hetero) is 1. The Labute approximate surface area is 209 Å². The Morgan fingerprint density at radius 3 is 2.17 bits per heavy atom. The van der Waals surface area contributed by atoms with Gasteiger partial charge < -0.3 is 24.1 Å². The molecule has 10 nitrogen and oxygen atoms in total. The summed E-state index contributed by atoms with van der Waals surface area (Å²) in [6.45, 7) is 10.8. The van der Waals surface area contributed by atoms with Crippen LogP contribution in [0.5, 0.6) is 0 Å². The fraction of sp³-hybridized carbons (Fsp3) is 0.708. The van der Waals surface area contributed by atoms with Crippen LogP contribution in [0, 0.1) is 5.41 Å². The van der Waals surface area contributed by atoms with Gasteiger partial charge in [0.1, 0.15) is 29.9 Å². The molecule has 0 spiro atoms. The van der Waals surface area contributed by atoms with E-state index in [9.17, 15) is 24.3 Å². The Hall–Kier alpha value is -2.40. The van der Waals surface area contributed by atoms with Crippen molar-refractivity contribution in [2.24, 2.45) is 10.4 Å². The molecule has 0 aromatic carbocycles. The van der Waals surface area contributed by atoms with Gasteiger partial charge >= 0.3 is 17.9 Å². The Morgan fingerprint density at radius 2 is 1.66 bits per heavy atom. The third kappa shape index (κ3) is 7.79. The summed E-state index contributed by atoms with van der Waals surface area (Å²) in [4.78, 5) is 52.9. The van der Waals surface area contributed by atoms with Gasteiger partial charge in [0.25, 0.3) is 0 Å². The highest BCUT2D eigenvalue weighted by Gasteiger charge is 2.50. The Bertz CT molecular complexity index is 911. The molecule has 0 amide bonds. The van der Waals surface area contributed by atoms with Gasteiger partial charge in [-0.1, -0.05) is 20.8 Å². The quantitative estimate of drug-likeness (QED) is 0.293. The van der Waals surface area contributed by atoms with Gasteiger partial charge in [-0.3, -0.25) is 24.2 Å². The minimum absolute atomic E-state index is 0.0442. The van der Waals surface area contributed by atoms with E-state index in [-0.39, 0.29) is 41.3 Å². The molecule has 11 heteroatoms. The predicted octanol–water partition coefficient (Wildman–Crippen LogP) is 2.92. The van der Waals surface area contributed by atoms with Crippen LogP contribution < -0.4 is 0 Å². The van der Waals surface area contributed by atoms with Crippen LogP contribution in [-0.2, 0) is 38.1 Å². The molecule has 5 atom stereocenters. The Balaban J connectivity index is 2.55. The van der Waals surface area contributed by atoms with Gasteiger partial charge in [0.2, 0.25) is 0 Å². The summed E-state index contributed by atoms with van der Waals surface area (Å²) in [7, 11) is 0. The molecule has 0 aromatic rings. The van der Waals surface area contributed by atoms with Crippen molar-refractivity contribution < 1.29 is 43.2 Å². The molecule has 2 rings (SSSR count). The number of hydrogen-bond acceptors (Lipinski definition) is 11. The summed E-state index contributed by atoms with van der Waals surface area (Å²) < 4.78 is 22.3. The van der Waals surface area contributed by atoms with Gasteiger partial charge in [-0.15, -0.1) is 11.8 Å². The predicted molar refractivity (Wildman–Crippen MR) is 129 cm³/mol. The monoisotopic (exact) mass is 513 g/mol. The number of carbonyl (C=O) groups excluding carboxylic acids is 4. The van der Waals surface area contributed by atoms with Crippen LogP contribution in [0.25, 0.3) is 0 Å². The van der Waals surface area contributed by atoms with E-state index in [0.29, 0.717) is 12.2 Å². The highest BCUT2D eigenvalue weighted by molar-refractivity contribution is 7.99. The molecule has 35 heavy (non-hydrogen) atoms. The van der Waals surface area contributed by atoms with Crippen LogP contribution in [0.3, 0.4) is 0 Å². The maximum Gasteiger partial charge on any atom is 0.303 e. The number of hydrogen-bond donors (Lipinski definition) is 1. The highest BCUT2D eigenvalue weighted by Crippen LogP contribution is 2.38. The van der Waals surface area contributed by atoms with E-state index in [0.717, 1.165) is 0 Å². The van der Waals surface area contributed by atoms with Crippen LogP contribution in [0.2, 0.25) is 0 Å². The van der Waals surface area contributed by atoms with E-state index in [1.807, 2.05) is 20.8 Å². The molecule has 0 bridgehead atoms. The molecule has 1 fully saturated rings. The number of aliphatic hydroxyl groups excluding tert-OH is 1. The zero-order valence-corrected chi connectivity index (χ0v) is 22.1. The summed E-state index contributed by atoms with van der Waals surface area (Å²) in [5.41, 5.74) is -0.637. The average Bonchev–Trinajstić information content (AvgIpc) is 2.68. The van der Waals surface area contributed by atoms with Crippen molar-refractivity contribution in [3.63, 3.8) is 0 Å². The van der Waals surface area contributed by atoms with E-state index in [1.54, 1.807) is 6.92 Å². The van der Waals surface area contributed by atoms with Gasteiger partial charge in [0, 0.05) is 39.3 Å². The van der Waals surface area contributed by atoms with E-state index < -0.39 is 47.7 Å². The number of allylic oxidation sites excluding steroid dienone is 2. The zero-order valence-electron chi connectivity index (χ0n) is 21.3. The molecule has 1 saturated heterocycles. The molecule has 2 aliphatic rings. The van der Waals surface area contributed by atoms with Gasteiger partial charge in [0.05, 0.1) is 5.57 Å². The number of esters is 3. The van der Waals surface area contributed by atoms with Gasteiger partial charge in [-0.25, -0.2) is 0 Å². The molecule has 0 unspecified atom stereocenters. The summed E-state index contributed by atoms with van der Waals surface area (Å²) in [6, 6.07) is -0.871. The van der Waals surface area contributed by atoms with Crippen molar-refractivity contribution in [1.82, 2.24) is 0 Å². The SMILES string of the molecule is CCS[C@@H]1O[C@H](COC(C)=O)[C@@H](OC(C)=O)[C@H](OC(C)=O)[C@H]1N=C(C)C1=C(O)CC(C)(C)CC1=O. The van der Waals surface area contributed by atoms with Crippen LogP contribution in [0.4, 0.5) is 0 Å². The summed E-state index contributed by atoms with van der Waals surface area (Å²) in [5, 5.41) is 10.6. The number of aliphatic hydroxyl groups is 1. The van der Waals surface area contributed by atoms with Crippen molar-refractivity contribution >= 4 is 41.2 Å². The molecule has 0 radical (unpaired) electrons. The fourth-order valence-electron chi connectivity index (χ4n) is 4.31. The number of thioether (sulfide) groups is 1. The summed E-state index contributed by atoms with van der Waals surface area (Å²) in [6.07, 6.45) is -2.53. The smallest absolute Gasteiger partial charge is 0.303 e. The summed E-state index contributed by atoms with van der Waals surface area (Å²) >= 11 is 1.38. The van der Waals surface area contributed by atoms with E-state index in [1.165, 1.54) is 32.5 Å². The minimum Gasteiger partial charge on any atom is -0.511 e. The minimum atomic E-state index is -1.12. The Kier molecular flexibility index (Phi) is 9.91. The lowest BCUT2D eigenvalue weighted by molar-refractivity contribution is -0.208. The maximum atomic E-state index is 12.8. The van der Waals surface area contributed by atoms with Crippen molar-refractivity contribution in [2.75, 3.05) is 12.4 Å². The number of aliphatic imine (C=N–C) groups is 1. The molecule has 196 valence electrons. The lowest BCUT2D eigenvalue weighted by Gasteiger charge is -2.43. The third-order valence-electron chi connectivity index (χ3n) is 5.56. The maximum absolute atomic E-state index is 12.8. The third-order valence-corrected chi connectivity index (χ3v) is 6.61. The number of ether oxygens (including phenoxy) is 4. The topological polar surface area (TPSA) is 138 Å². The number of carbonyl (C=O) groups is 4. The van der Waals surface area contributed by atoms with Gasteiger partial charge in [-0.2, -0.15) is 0 Å². The highest BCUT2D eigenvalue weighted by atomic mass is 32.2. The molecule has 1 heterocycles. The van der Waals surface area contributed by atoms with Crippen molar-refractivity contribution in [1.29, 1.82) is 0 Å². The normalized spacial score (nSPS) is 28.9. The molecule has 1 aliphatic carbocycles. The lowest BCUT2D eigenvalue weighted by atomic mass is 9.75. The largest absolute Gasteiger partial charge is 0.511 e. The second-order valence-electron chi connectivity index (χ2n) is 9.42. The molecule has 0 aromatic heterocycles. The first kappa shape index (κ1) is 28.8. The van der Waals surface area contributed by atoms with Crippen molar-refractivity contribution in [3.8, 4) is 0 Å². The Morgan fingerprint density at radius 1 is 1.06 bits per heavy atom. The second kappa shape index (κ2) is 12.0. The first-order chi connectivity index (χ1) is 16.3. The van der Waals surface area contributed by atoms with Gasteiger partial charge in [0.15, 0.2) is 18.0 Å². The van der Waals surface area contributed by atoms with Crippen molar-refractivity contribution in [3.05, 3.63) is 11.3 Å². The van der Waals surface area contributed by atoms with Crippen LogP contribution >= 0.6 is 11.8 Å². The molecule has 0 saturated carbocycles. The van der Waals surface area contributed by atoms with Crippen LogP contribution in [0.1, 0.15) is 61.3 Å².